The van der Waals surface area contributed by atoms with Crippen LogP contribution in [0.4, 0.5) is 5.82 Å². The molecule has 0 aromatic carbocycles. The van der Waals surface area contributed by atoms with Gasteiger partial charge in [-0.25, -0.2) is 0 Å². The van der Waals surface area contributed by atoms with Crippen LogP contribution in [0.3, 0.4) is 0 Å². The van der Waals surface area contributed by atoms with E-state index in [1.165, 1.54) is 0 Å². The van der Waals surface area contributed by atoms with Crippen LogP contribution in [0.2, 0.25) is 0 Å². The van der Waals surface area contributed by atoms with E-state index < -0.39 is 0 Å². The predicted molar refractivity (Wildman–Crippen MR) is 59.5 cm³/mol. The summed E-state index contributed by atoms with van der Waals surface area (Å²) in [4.78, 5) is 2.44. The van der Waals surface area contributed by atoms with E-state index in [0.29, 0.717) is 5.82 Å². The smallest absolute Gasteiger partial charge is 0.149 e. The van der Waals surface area contributed by atoms with Gasteiger partial charge in [0.15, 0.2) is 0 Å². The maximum Gasteiger partial charge on any atom is 0.149 e. The first-order valence-electron chi connectivity index (χ1n) is 5.35. The zero-order valence-electron chi connectivity index (χ0n) is 8.82. The van der Waals surface area contributed by atoms with Crippen LogP contribution < -0.4 is 11.1 Å². The van der Waals surface area contributed by atoms with Crippen LogP contribution >= 0.6 is 0 Å². The number of hydrogen-bond donors (Lipinski definition) is 2. The molecule has 3 N–H and O–H groups in total. The van der Waals surface area contributed by atoms with E-state index in [2.05, 4.69) is 20.4 Å². The van der Waals surface area contributed by atoms with Crippen molar-refractivity contribution < 1.29 is 0 Å². The molecular formula is C10H17N5. The summed E-state index contributed by atoms with van der Waals surface area (Å²) in [6, 6.07) is 1.95. The minimum absolute atomic E-state index is 0.563. The van der Waals surface area contributed by atoms with Crippen molar-refractivity contribution in [3.63, 3.8) is 0 Å². The van der Waals surface area contributed by atoms with Gasteiger partial charge in [-0.3, -0.25) is 0 Å². The summed E-state index contributed by atoms with van der Waals surface area (Å²) in [6.07, 6.45) is 2.66. The zero-order chi connectivity index (χ0) is 10.5. The molecule has 0 radical (unpaired) electrons. The summed E-state index contributed by atoms with van der Waals surface area (Å²) in [7, 11) is 0. The predicted octanol–water partition coefficient (Wildman–Crippen LogP) is -0.493. The molecule has 2 rings (SSSR count). The first kappa shape index (κ1) is 10.3. The van der Waals surface area contributed by atoms with Crippen LogP contribution in [0.5, 0.6) is 0 Å². The highest BCUT2D eigenvalue weighted by Gasteiger charge is 2.09. The summed E-state index contributed by atoms with van der Waals surface area (Å²) in [6.45, 7) is 5.47. The van der Waals surface area contributed by atoms with Gasteiger partial charge >= 0.3 is 0 Å². The Morgan fingerprint density at radius 3 is 2.93 bits per heavy atom. The van der Waals surface area contributed by atoms with Crippen LogP contribution in [0, 0.1) is 0 Å². The summed E-state index contributed by atoms with van der Waals surface area (Å²) < 4.78 is 0. The lowest BCUT2D eigenvalue weighted by Crippen LogP contribution is -2.44. The Hall–Kier alpha value is -1.20. The molecule has 0 spiro atoms. The van der Waals surface area contributed by atoms with Gasteiger partial charge in [0.2, 0.25) is 0 Å². The first-order valence-corrected chi connectivity index (χ1v) is 5.35. The minimum atomic E-state index is 0.563. The normalized spacial score (nSPS) is 17.9. The second kappa shape index (κ2) is 5.04. The van der Waals surface area contributed by atoms with Crippen molar-refractivity contribution in [3.05, 3.63) is 17.8 Å². The van der Waals surface area contributed by atoms with Crippen LogP contribution in [0.15, 0.2) is 12.3 Å². The number of hydrogen-bond acceptors (Lipinski definition) is 5. The van der Waals surface area contributed by atoms with Crippen molar-refractivity contribution in [2.24, 2.45) is 0 Å². The largest absolute Gasteiger partial charge is 0.382 e. The molecule has 1 saturated heterocycles. The fraction of sp³-hybridized carbons (Fsp3) is 0.600. The molecule has 82 valence electrons. The van der Waals surface area contributed by atoms with Gasteiger partial charge in [0, 0.05) is 32.7 Å². The van der Waals surface area contributed by atoms with E-state index in [1.807, 2.05) is 6.07 Å². The van der Waals surface area contributed by atoms with Crippen LogP contribution in [0.1, 0.15) is 5.56 Å². The molecule has 2 heterocycles. The molecule has 1 fully saturated rings. The van der Waals surface area contributed by atoms with Gasteiger partial charge in [0.25, 0.3) is 0 Å². The molecule has 1 aromatic heterocycles. The summed E-state index contributed by atoms with van der Waals surface area (Å²) in [5.41, 5.74) is 6.83. The van der Waals surface area contributed by atoms with Crippen LogP contribution in [-0.4, -0.2) is 47.8 Å². The van der Waals surface area contributed by atoms with Gasteiger partial charge in [0.05, 0.1) is 6.20 Å². The average molecular weight is 207 g/mol. The van der Waals surface area contributed by atoms with Gasteiger partial charge in [-0.05, 0) is 18.1 Å². The molecule has 0 unspecified atom stereocenters. The topological polar surface area (TPSA) is 67.1 Å². The van der Waals surface area contributed by atoms with Crippen molar-refractivity contribution >= 4 is 5.82 Å². The Balaban J connectivity index is 1.84. The van der Waals surface area contributed by atoms with E-state index in [4.69, 9.17) is 5.73 Å². The molecule has 0 saturated carbocycles. The quantitative estimate of drug-likeness (QED) is 0.700. The molecular weight excluding hydrogens is 190 g/mol. The van der Waals surface area contributed by atoms with Crippen molar-refractivity contribution in [2.75, 3.05) is 38.5 Å². The van der Waals surface area contributed by atoms with E-state index >= 15 is 0 Å². The second-order valence-corrected chi connectivity index (χ2v) is 3.78. The highest BCUT2D eigenvalue weighted by molar-refractivity contribution is 5.36. The van der Waals surface area contributed by atoms with Crippen molar-refractivity contribution in [2.45, 2.75) is 6.42 Å². The molecule has 1 aliphatic rings. The number of rotatable bonds is 3. The highest BCUT2D eigenvalue weighted by atomic mass is 15.2. The minimum Gasteiger partial charge on any atom is -0.382 e. The molecule has 0 atom stereocenters. The molecule has 15 heavy (non-hydrogen) atoms. The summed E-state index contributed by atoms with van der Waals surface area (Å²) >= 11 is 0. The van der Waals surface area contributed by atoms with Gasteiger partial charge in [-0.2, -0.15) is 5.10 Å². The van der Waals surface area contributed by atoms with Gasteiger partial charge in [-0.15, -0.1) is 5.10 Å². The molecule has 5 nitrogen and oxygen atoms in total. The monoisotopic (exact) mass is 207 g/mol. The Morgan fingerprint density at radius 2 is 2.20 bits per heavy atom. The number of nitrogen functional groups attached to an aromatic ring is 1. The Morgan fingerprint density at radius 1 is 1.40 bits per heavy atom. The maximum absolute atomic E-state index is 5.73. The van der Waals surface area contributed by atoms with Crippen LogP contribution in [0.25, 0.3) is 0 Å². The lowest BCUT2D eigenvalue weighted by Gasteiger charge is -2.27. The van der Waals surface area contributed by atoms with E-state index in [0.717, 1.165) is 44.7 Å². The standard InChI is InChI=1S/C10H17N5/c11-10-9(1-3-13-14-10)2-6-15-7-4-12-5-8-15/h1,3,12H,2,4-8H2,(H2,11,14). The molecule has 1 aliphatic heterocycles. The fourth-order valence-corrected chi connectivity index (χ4v) is 1.79. The van der Waals surface area contributed by atoms with Gasteiger partial charge in [0.1, 0.15) is 5.82 Å². The molecule has 0 amide bonds. The highest BCUT2D eigenvalue weighted by Crippen LogP contribution is 2.07. The van der Waals surface area contributed by atoms with Crippen molar-refractivity contribution in [3.8, 4) is 0 Å². The van der Waals surface area contributed by atoms with E-state index in [1.54, 1.807) is 6.20 Å². The molecule has 1 aromatic rings. The molecule has 5 heteroatoms. The summed E-state index contributed by atoms with van der Waals surface area (Å²) in [5.74, 6) is 0.563. The number of nitrogens with one attached hydrogen (secondary N) is 1. The number of aromatic nitrogens is 2. The Kier molecular flexibility index (Phi) is 3.47. The SMILES string of the molecule is Nc1nnccc1CCN1CCNCC1. The number of nitrogens with two attached hydrogens (primary N) is 1. The third-order valence-corrected chi connectivity index (χ3v) is 2.74. The van der Waals surface area contributed by atoms with Gasteiger partial charge < -0.3 is 16.0 Å². The summed E-state index contributed by atoms with van der Waals surface area (Å²) in [5, 5.41) is 10.9. The maximum atomic E-state index is 5.73. The third-order valence-electron chi connectivity index (χ3n) is 2.74. The zero-order valence-corrected chi connectivity index (χ0v) is 8.82. The average Bonchev–Trinajstić information content (AvgIpc) is 2.29. The van der Waals surface area contributed by atoms with E-state index in [-0.39, 0.29) is 0 Å². The van der Waals surface area contributed by atoms with Crippen molar-refractivity contribution in [1.29, 1.82) is 0 Å². The van der Waals surface area contributed by atoms with Crippen LogP contribution in [-0.2, 0) is 6.42 Å². The lowest BCUT2D eigenvalue weighted by molar-refractivity contribution is 0.244. The van der Waals surface area contributed by atoms with Gasteiger partial charge in [-0.1, -0.05) is 0 Å². The number of anilines is 1. The molecule has 0 aliphatic carbocycles. The fourth-order valence-electron chi connectivity index (χ4n) is 1.79. The Labute approximate surface area is 89.7 Å². The first-order chi connectivity index (χ1) is 7.36. The lowest BCUT2D eigenvalue weighted by atomic mass is 10.2. The Bertz CT molecular complexity index is 308. The van der Waals surface area contributed by atoms with E-state index in [9.17, 15) is 0 Å². The second-order valence-electron chi connectivity index (χ2n) is 3.78. The van der Waals surface area contributed by atoms with Crippen molar-refractivity contribution in [1.82, 2.24) is 20.4 Å². The molecule has 0 bridgehead atoms. The number of piperazine rings is 1. The number of nitrogens with zero attached hydrogens (tertiary/aromatic N) is 3. The third kappa shape index (κ3) is 2.87.